The quantitative estimate of drug-likeness (QED) is 0.732. The first kappa shape index (κ1) is 14.9. The Labute approximate surface area is 137 Å². The van der Waals surface area contributed by atoms with Gasteiger partial charge in [0.1, 0.15) is 0 Å². The Morgan fingerprint density at radius 2 is 1.95 bits per heavy atom. The Balaban J connectivity index is 1.74. The second-order valence-electron chi connectivity index (χ2n) is 4.95. The van der Waals surface area contributed by atoms with Gasteiger partial charge in [0, 0.05) is 15.8 Å². The molecule has 3 rings (SSSR count). The number of nitrogens with one attached hydrogen (secondary N) is 1. The second-order valence-corrected chi connectivity index (χ2v) is 7.10. The van der Waals surface area contributed by atoms with Gasteiger partial charge in [0.2, 0.25) is 0 Å². The first-order valence-corrected chi connectivity index (χ1v) is 8.78. The average molecular weight is 328 g/mol. The average Bonchev–Trinajstić information content (AvgIpc) is 3.16. The number of benzene rings is 1. The van der Waals surface area contributed by atoms with Gasteiger partial charge in [-0.2, -0.15) is 0 Å². The molecular weight excluding hydrogens is 312 g/mol. The number of hydrogen-bond acceptors (Lipinski definition) is 4. The van der Waals surface area contributed by atoms with E-state index in [-0.39, 0.29) is 5.91 Å². The standard InChI is InChI=1S/C17H16N2OS2/c1-3-12-5-7-13(8-6-12)14-10-21-17(18-14)19-16(20)15-9-4-11(2)22-15/h4-10H,3H2,1-2H3,(H,18,19,20). The van der Waals surface area contributed by atoms with E-state index in [0.29, 0.717) is 10.0 Å². The van der Waals surface area contributed by atoms with Crippen LogP contribution >= 0.6 is 22.7 Å². The van der Waals surface area contributed by atoms with Crippen molar-refractivity contribution in [3.63, 3.8) is 0 Å². The summed E-state index contributed by atoms with van der Waals surface area (Å²) in [6, 6.07) is 12.2. The maximum atomic E-state index is 12.1. The van der Waals surface area contributed by atoms with Crippen molar-refractivity contribution in [3.05, 3.63) is 57.1 Å². The fraction of sp³-hybridized carbons (Fsp3) is 0.176. The van der Waals surface area contributed by atoms with Gasteiger partial charge in [-0.25, -0.2) is 4.98 Å². The number of aryl methyl sites for hydroxylation is 2. The van der Waals surface area contributed by atoms with Crippen LogP contribution in [-0.4, -0.2) is 10.9 Å². The van der Waals surface area contributed by atoms with Crippen molar-refractivity contribution in [1.29, 1.82) is 0 Å². The number of anilines is 1. The monoisotopic (exact) mass is 328 g/mol. The molecule has 1 amide bonds. The van der Waals surface area contributed by atoms with Crippen LogP contribution in [0.5, 0.6) is 0 Å². The van der Waals surface area contributed by atoms with E-state index >= 15 is 0 Å². The fourth-order valence-electron chi connectivity index (χ4n) is 2.09. The number of thiophene rings is 1. The number of hydrogen-bond donors (Lipinski definition) is 1. The van der Waals surface area contributed by atoms with Crippen molar-refractivity contribution in [1.82, 2.24) is 4.98 Å². The van der Waals surface area contributed by atoms with Crippen molar-refractivity contribution >= 4 is 33.7 Å². The maximum Gasteiger partial charge on any atom is 0.267 e. The summed E-state index contributed by atoms with van der Waals surface area (Å²) in [5, 5.41) is 5.46. The Morgan fingerprint density at radius 1 is 1.18 bits per heavy atom. The molecule has 1 aromatic carbocycles. The minimum absolute atomic E-state index is 0.0969. The molecule has 0 radical (unpaired) electrons. The largest absolute Gasteiger partial charge is 0.297 e. The summed E-state index contributed by atoms with van der Waals surface area (Å²) in [7, 11) is 0. The second kappa shape index (κ2) is 6.42. The van der Waals surface area contributed by atoms with Crippen LogP contribution in [0.2, 0.25) is 0 Å². The number of amides is 1. The highest BCUT2D eigenvalue weighted by Gasteiger charge is 2.11. The summed E-state index contributed by atoms with van der Waals surface area (Å²) >= 11 is 2.93. The lowest BCUT2D eigenvalue weighted by Crippen LogP contribution is -2.09. The Morgan fingerprint density at radius 3 is 2.59 bits per heavy atom. The van der Waals surface area contributed by atoms with Gasteiger partial charge >= 0.3 is 0 Å². The molecule has 3 aromatic rings. The lowest BCUT2D eigenvalue weighted by Gasteiger charge is -2.00. The predicted molar refractivity (Wildman–Crippen MR) is 93.9 cm³/mol. The smallest absolute Gasteiger partial charge is 0.267 e. The number of nitrogens with zero attached hydrogens (tertiary/aromatic N) is 1. The van der Waals surface area contributed by atoms with Crippen molar-refractivity contribution in [3.8, 4) is 11.3 Å². The third kappa shape index (κ3) is 3.26. The van der Waals surface area contributed by atoms with Gasteiger partial charge in [0.25, 0.3) is 5.91 Å². The zero-order valence-electron chi connectivity index (χ0n) is 12.4. The van der Waals surface area contributed by atoms with Crippen molar-refractivity contribution < 1.29 is 4.79 Å². The molecule has 0 atom stereocenters. The van der Waals surface area contributed by atoms with Gasteiger partial charge in [0.15, 0.2) is 5.13 Å². The van der Waals surface area contributed by atoms with Gasteiger partial charge in [-0.1, -0.05) is 31.2 Å². The molecule has 0 saturated heterocycles. The summed E-state index contributed by atoms with van der Waals surface area (Å²) in [6.45, 7) is 4.13. The molecule has 0 spiro atoms. The molecule has 5 heteroatoms. The first-order chi connectivity index (χ1) is 10.7. The minimum Gasteiger partial charge on any atom is -0.297 e. The van der Waals surface area contributed by atoms with Gasteiger partial charge in [-0.15, -0.1) is 22.7 Å². The lowest BCUT2D eigenvalue weighted by atomic mass is 10.1. The number of thiazole rings is 1. The van der Waals surface area contributed by atoms with E-state index in [9.17, 15) is 4.79 Å². The number of carbonyl (C=O) groups is 1. The third-order valence-corrected chi connectivity index (χ3v) is 5.10. The molecule has 3 nitrogen and oxygen atoms in total. The molecule has 1 N–H and O–H groups in total. The SMILES string of the molecule is CCc1ccc(-c2csc(NC(=O)c3ccc(C)s3)n2)cc1. The number of carbonyl (C=O) groups excluding carboxylic acids is 1. The van der Waals surface area contributed by atoms with E-state index in [0.717, 1.165) is 22.6 Å². The van der Waals surface area contributed by atoms with Crippen LogP contribution in [-0.2, 0) is 6.42 Å². The van der Waals surface area contributed by atoms with Crippen LogP contribution in [0.1, 0.15) is 27.0 Å². The molecule has 112 valence electrons. The molecule has 0 aliphatic rings. The van der Waals surface area contributed by atoms with Crippen molar-refractivity contribution in [2.24, 2.45) is 0 Å². The fourth-order valence-corrected chi connectivity index (χ4v) is 3.57. The van der Waals surface area contributed by atoms with E-state index in [2.05, 4.69) is 41.5 Å². The van der Waals surface area contributed by atoms with Gasteiger partial charge < -0.3 is 0 Å². The maximum absolute atomic E-state index is 12.1. The van der Waals surface area contributed by atoms with E-state index in [1.807, 2.05) is 24.4 Å². The highest BCUT2D eigenvalue weighted by atomic mass is 32.1. The third-order valence-electron chi connectivity index (χ3n) is 3.35. The molecule has 0 unspecified atom stereocenters. The molecule has 22 heavy (non-hydrogen) atoms. The van der Waals surface area contributed by atoms with Gasteiger partial charge in [0.05, 0.1) is 10.6 Å². The normalized spacial score (nSPS) is 10.6. The van der Waals surface area contributed by atoms with Crippen LogP contribution in [0.15, 0.2) is 41.8 Å². The van der Waals surface area contributed by atoms with Crippen LogP contribution in [0.4, 0.5) is 5.13 Å². The van der Waals surface area contributed by atoms with E-state index in [1.54, 1.807) is 0 Å². The number of aromatic nitrogens is 1. The highest BCUT2D eigenvalue weighted by Crippen LogP contribution is 2.26. The van der Waals surface area contributed by atoms with Crippen LogP contribution in [0.25, 0.3) is 11.3 Å². The summed E-state index contributed by atoms with van der Waals surface area (Å²) in [6.07, 6.45) is 1.03. The first-order valence-electron chi connectivity index (χ1n) is 7.08. The van der Waals surface area contributed by atoms with E-state index in [4.69, 9.17) is 0 Å². The molecular formula is C17H16N2OS2. The number of rotatable bonds is 4. The molecule has 2 aromatic heterocycles. The van der Waals surface area contributed by atoms with Crippen LogP contribution < -0.4 is 5.32 Å². The molecule has 0 aliphatic heterocycles. The Hall–Kier alpha value is -1.98. The van der Waals surface area contributed by atoms with Crippen LogP contribution in [0, 0.1) is 6.92 Å². The summed E-state index contributed by atoms with van der Waals surface area (Å²) in [5.74, 6) is -0.0969. The van der Waals surface area contributed by atoms with E-state index in [1.165, 1.54) is 28.2 Å². The molecule has 0 aliphatic carbocycles. The molecule has 0 bridgehead atoms. The van der Waals surface area contributed by atoms with Gasteiger partial charge in [-0.05, 0) is 31.0 Å². The Bertz CT molecular complexity index is 787. The molecule has 0 fully saturated rings. The lowest BCUT2D eigenvalue weighted by molar-refractivity contribution is 0.103. The Kier molecular flexibility index (Phi) is 4.36. The predicted octanol–water partition coefficient (Wildman–Crippen LogP) is 4.99. The highest BCUT2D eigenvalue weighted by molar-refractivity contribution is 7.15. The van der Waals surface area contributed by atoms with Crippen molar-refractivity contribution in [2.75, 3.05) is 5.32 Å². The zero-order valence-corrected chi connectivity index (χ0v) is 14.1. The minimum atomic E-state index is -0.0969. The summed E-state index contributed by atoms with van der Waals surface area (Å²) in [4.78, 5) is 18.5. The van der Waals surface area contributed by atoms with Crippen molar-refractivity contribution in [2.45, 2.75) is 20.3 Å². The topological polar surface area (TPSA) is 42.0 Å². The summed E-state index contributed by atoms with van der Waals surface area (Å²) < 4.78 is 0. The van der Waals surface area contributed by atoms with Crippen LogP contribution in [0.3, 0.4) is 0 Å². The molecule has 2 heterocycles. The summed E-state index contributed by atoms with van der Waals surface area (Å²) in [5.41, 5.74) is 3.27. The van der Waals surface area contributed by atoms with E-state index < -0.39 is 0 Å². The zero-order chi connectivity index (χ0) is 15.5. The molecule has 0 saturated carbocycles. The van der Waals surface area contributed by atoms with Gasteiger partial charge in [-0.3, -0.25) is 10.1 Å².